The van der Waals surface area contributed by atoms with Gasteiger partial charge < -0.3 is 18.9 Å². The Balaban J connectivity index is 0.934. The van der Waals surface area contributed by atoms with Gasteiger partial charge in [-0.25, -0.2) is 10.5 Å². The van der Waals surface area contributed by atoms with Crippen LogP contribution < -0.4 is 18.9 Å². The van der Waals surface area contributed by atoms with Gasteiger partial charge in [0.15, 0.2) is 11.6 Å². The van der Waals surface area contributed by atoms with Gasteiger partial charge in [-0.05, 0) is 150 Å². The highest BCUT2D eigenvalue weighted by Crippen LogP contribution is 2.38. The molecule has 0 saturated heterocycles. The molecule has 18 nitrogen and oxygen atoms in total. The molecule has 0 aliphatic carbocycles. The average Bonchev–Trinajstić information content (AvgIpc) is 3.41. The van der Waals surface area contributed by atoms with E-state index in [2.05, 4.69) is 18.7 Å². The van der Waals surface area contributed by atoms with E-state index in [4.69, 9.17) is 29.5 Å². The summed E-state index contributed by atoms with van der Waals surface area (Å²) in [6.45, 7) is 1.74. The quantitative estimate of drug-likeness (QED) is 0.0162. The Morgan fingerprint density at radius 2 is 0.813 bits per heavy atom. The van der Waals surface area contributed by atoms with Gasteiger partial charge in [-0.1, -0.05) is 70.7 Å². The van der Waals surface area contributed by atoms with Crippen LogP contribution in [0, 0.1) is 6.92 Å². The number of hydrogen-bond donors (Lipinski definition) is 4. The number of aryl methyl sites for hydroxylation is 1. The van der Waals surface area contributed by atoms with Crippen LogP contribution in [-0.4, -0.2) is 55.1 Å². The van der Waals surface area contributed by atoms with E-state index in [1.165, 1.54) is 54.6 Å². The third-order valence-electron chi connectivity index (χ3n) is 11.1. The lowest BCUT2D eigenvalue weighted by Crippen LogP contribution is -2.07. The van der Waals surface area contributed by atoms with E-state index >= 15 is 0 Å². The molecule has 0 radical (unpaired) electrons. The Kier molecular flexibility index (Phi) is 17.1. The molecule has 0 fully saturated rings. The molecule has 22 heteroatoms. The molecule has 0 aliphatic rings. The minimum Gasteiger partial charge on any atom is -0.497 e. The number of benzene rings is 8. The van der Waals surface area contributed by atoms with Crippen LogP contribution in [0.4, 0.5) is 0 Å². The maximum Gasteiger partial charge on any atom is 0.298 e. The maximum absolute atomic E-state index is 13.8. The summed E-state index contributed by atoms with van der Waals surface area (Å²) in [5.74, 6) is 0.0750. The van der Waals surface area contributed by atoms with Crippen molar-refractivity contribution in [1.82, 2.24) is 0 Å². The van der Waals surface area contributed by atoms with Gasteiger partial charge in [0.1, 0.15) is 50.0 Å². The third kappa shape index (κ3) is 13.7. The lowest BCUT2D eigenvalue weighted by atomic mass is 10.0. The predicted octanol–water partition coefficient (Wildman–Crippen LogP) is 12.5. The van der Waals surface area contributed by atoms with Crippen molar-refractivity contribution >= 4 is 55.9 Å². The molecule has 8 rings (SSSR count). The van der Waals surface area contributed by atoms with Gasteiger partial charge >= 0.3 is 0 Å². The van der Waals surface area contributed by atoms with Gasteiger partial charge in [0.05, 0.1) is 36.1 Å². The smallest absolute Gasteiger partial charge is 0.298 e. The van der Waals surface area contributed by atoms with Crippen LogP contribution >= 0.6 is 24.1 Å². The van der Waals surface area contributed by atoms with Crippen molar-refractivity contribution in [2.75, 3.05) is 7.11 Å². The highest BCUT2D eigenvalue weighted by molar-refractivity contribution is 7.94. The fraction of sp³-hybridized carbons (Fsp3) is 0.0566. The maximum atomic E-state index is 13.8. The summed E-state index contributed by atoms with van der Waals surface area (Å²) in [4.78, 5) is 26.5. The molecule has 4 N–H and O–H groups in total. The van der Waals surface area contributed by atoms with E-state index in [9.17, 15) is 35.5 Å². The number of ether oxygens (including phenoxy) is 4. The predicted molar refractivity (Wildman–Crippen MR) is 273 cm³/mol. The average molecular weight is 1090 g/mol. The second-order valence-electron chi connectivity index (χ2n) is 16.0. The van der Waals surface area contributed by atoms with Crippen LogP contribution in [0.25, 0.3) is 11.1 Å². The summed E-state index contributed by atoms with van der Waals surface area (Å²) in [6.07, 6.45) is 0.620. The van der Waals surface area contributed by atoms with Crippen molar-refractivity contribution in [3.05, 3.63) is 209 Å². The number of carbonyl (C=O) groups excluding carboxylic acids is 2. The van der Waals surface area contributed by atoms with Gasteiger partial charge in [0.25, 0.3) is 20.2 Å². The van der Waals surface area contributed by atoms with E-state index in [1.807, 2.05) is 36.4 Å². The molecule has 8 aromatic carbocycles. The van der Waals surface area contributed by atoms with Gasteiger partial charge in [-0.3, -0.25) is 18.7 Å². The Hall–Kier alpha value is -7.42. The summed E-state index contributed by atoms with van der Waals surface area (Å²) in [5.41, 5.74) is 4.21. The highest BCUT2D eigenvalue weighted by atomic mass is 32.2. The lowest BCUT2D eigenvalue weighted by Gasteiger charge is -2.13. The van der Waals surface area contributed by atoms with Gasteiger partial charge in [0.2, 0.25) is 0 Å². The number of hydrogen-bond acceptors (Lipinski definition) is 18. The van der Waals surface area contributed by atoms with Crippen molar-refractivity contribution < 1.29 is 83.7 Å². The first-order chi connectivity index (χ1) is 36.0. The third-order valence-corrected chi connectivity index (χ3v) is 14.3. The molecular weight excluding hydrogens is 1050 g/mol. The molecule has 0 bridgehead atoms. The first kappa shape index (κ1) is 53.9. The van der Waals surface area contributed by atoms with Crippen LogP contribution in [0.2, 0.25) is 0 Å². The largest absolute Gasteiger partial charge is 0.497 e. The Morgan fingerprint density at radius 3 is 1.24 bits per heavy atom. The SMILES string of the molecule is COc1ccc(Cc2ccc(Oc3ccc(C(=O)c4ccc(Oc5ccc(-c6ccc(Oc7ccc(C(=O)c8ccc(C)c(SOOO)c8)cc7S(=O)(=O)O)cc6)cc5)c(SOOO)c4)cc3S(=O)(=O)O)cc2)cc1. The topological polar surface area (TPSA) is 257 Å². The van der Waals surface area contributed by atoms with Crippen LogP contribution in [-0.2, 0) is 45.4 Å². The van der Waals surface area contributed by atoms with Crippen molar-refractivity contribution in [2.45, 2.75) is 32.9 Å². The Labute approximate surface area is 437 Å². The first-order valence-electron chi connectivity index (χ1n) is 21.8. The van der Waals surface area contributed by atoms with Crippen LogP contribution in [0.3, 0.4) is 0 Å². The molecule has 0 aromatic heterocycles. The Bertz CT molecular complexity index is 3590. The van der Waals surface area contributed by atoms with Crippen LogP contribution in [0.15, 0.2) is 189 Å². The van der Waals surface area contributed by atoms with E-state index < -0.39 is 41.6 Å². The fourth-order valence-electron chi connectivity index (χ4n) is 7.40. The highest BCUT2D eigenvalue weighted by Gasteiger charge is 2.24. The van der Waals surface area contributed by atoms with Crippen molar-refractivity contribution in [3.63, 3.8) is 0 Å². The molecule has 0 spiro atoms. The second kappa shape index (κ2) is 23.8. The van der Waals surface area contributed by atoms with E-state index in [1.54, 1.807) is 80.8 Å². The summed E-state index contributed by atoms with van der Waals surface area (Å²) in [5, 5.41) is 24.9. The lowest BCUT2D eigenvalue weighted by molar-refractivity contribution is -0.432. The van der Waals surface area contributed by atoms with E-state index in [0.717, 1.165) is 40.1 Å². The number of methoxy groups -OCH3 is 1. The molecule has 8 aromatic rings. The zero-order chi connectivity index (χ0) is 53.3. The summed E-state index contributed by atoms with van der Waals surface area (Å²) in [7, 11) is -8.17. The zero-order valence-corrected chi connectivity index (χ0v) is 42.3. The zero-order valence-electron chi connectivity index (χ0n) is 39.0. The van der Waals surface area contributed by atoms with E-state index in [0.29, 0.717) is 46.7 Å². The first-order valence-corrected chi connectivity index (χ1v) is 26.2. The molecule has 0 atom stereocenters. The van der Waals surface area contributed by atoms with Crippen molar-refractivity contribution in [2.24, 2.45) is 0 Å². The number of ketones is 2. The normalized spacial score (nSPS) is 11.5. The van der Waals surface area contributed by atoms with Gasteiger partial charge in [-0.2, -0.15) is 16.8 Å². The molecular formula is C53H40O18S4. The van der Waals surface area contributed by atoms with Crippen LogP contribution in [0.1, 0.15) is 48.5 Å². The van der Waals surface area contributed by atoms with Crippen molar-refractivity contribution in [1.29, 1.82) is 0 Å². The minimum absolute atomic E-state index is 0.0490. The van der Waals surface area contributed by atoms with E-state index in [-0.39, 0.29) is 55.9 Å². The molecule has 0 amide bonds. The molecule has 384 valence electrons. The number of rotatable bonds is 22. The molecule has 75 heavy (non-hydrogen) atoms. The fourth-order valence-corrected chi connectivity index (χ4v) is 9.63. The Morgan fingerprint density at radius 1 is 0.453 bits per heavy atom. The standard InChI is InChI=1S/C53H40O18S4/c1-32-3-8-37(28-48(32)72-70-68-56)52(54)39-14-26-47(51(30-39)75(61,62)63)67-44-22-11-36(12-23-44)35-9-20-43(21-10-35)65-45-24-13-38(29-49(45)73-71-69-57)53(55)40-15-25-46(50(31-40)74(58,59)60)66-42-18-6-34(7-19-42)27-33-4-16-41(64-2)17-5-33/h3-26,28-31,56-57H,27H2,1-2H3,(H,58,59,60)(H,61,62,63). The number of carbonyl (C=O) groups is 2. The molecule has 0 heterocycles. The summed E-state index contributed by atoms with van der Waals surface area (Å²) >= 11 is 1.18. The summed E-state index contributed by atoms with van der Waals surface area (Å²) in [6, 6.07) is 44.0. The minimum atomic E-state index is -4.89. The van der Waals surface area contributed by atoms with Crippen molar-refractivity contribution in [3.8, 4) is 51.4 Å². The molecule has 0 aliphatic heterocycles. The monoisotopic (exact) mass is 1090 g/mol. The van der Waals surface area contributed by atoms with Gasteiger partial charge in [0, 0.05) is 27.1 Å². The second-order valence-corrected chi connectivity index (χ2v) is 20.3. The van der Waals surface area contributed by atoms with Gasteiger partial charge in [-0.15, -0.1) is 8.67 Å². The summed E-state index contributed by atoms with van der Waals surface area (Å²) < 4.78 is 103. The molecule has 0 unspecified atom stereocenters. The van der Waals surface area contributed by atoms with Crippen LogP contribution in [0.5, 0.6) is 40.2 Å². The molecule has 0 saturated carbocycles.